The molecule has 3 rings (SSSR count). The van der Waals surface area contributed by atoms with Crippen molar-refractivity contribution in [2.45, 2.75) is 32.4 Å². The molecule has 28 heavy (non-hydrogen) atoms. The predicted octanol–water partition coefficient (Wildman–Crippen LogP) is 0.604. The van der Waals surface area contributed by atoms with Gasteiger partial charge in [-0.15, -0.1) is 0 Å². The number of hydrogen-bond acceptors (Lipinski definition) is 3. The van der Waals surface area contributed by atoms with Gasteiger partial charge in [-0.05, 0) is 43.2 Å². The molecule has 4 amide bonds. The molecular weight excluding hydrogens is 356 g/mol. The van der Waals surface area contributed by atoms with Crippen LogP contribution in [0.15, 0.2) is 42.5 Å². The Hall–Kier alpha value is -2.93. The summed E-state index contributed by atoms with van der Waals surface area (Å²) in [5, 5.41) is 7.72. The van der Waals surface area contributed by atoms with Crippen LogP contribution >= 0.6 is 0 Å². The van der Waals surface area contributed by atoms with Gasteiger partial charge in [-0.25, -0.2) is 9.69 Å². The Bertz CT molecular complexity index is 927. The number of likely N-dealkylation sites (N-methyl/N-ethyl adjacent to an activating group) is 1. The number of rotatable bonds is 6. The van der Waals surface area contributed by atoms with E-state index in [1.807, 2.05) is 56.3 Å². The van der Waals surface area contributed by atoms with Crippen molar-refractivity contribution in [3.63, 3.8) is 0 Å². The number of hydrogen-bond donors (Lipinski definition) is 3. The molecule has 0 bridgehead atoms. The maximum atomic E-state index is 13.1. The zero-order valence-electron chi connectivity index (χ0n) is 16.7. The normalized spacial score (nSPS) is 20.5. The highest BCUT2D eigenvalue weighted by molar-refractivity contribution is 6.07. The number of nitrogens with one attached hydrogen (secondary N) is 3. The SMILES string of the molecule is CC(C)NC(=O)C[NH+](C)CN1C(=O)N[C@](C)(c2ccc3ccccc3c2)C1=O. The first-order valence-electron chi connectivity index (χ1n) is 9.45. The average Bonchev–Trinajstić information content (AvgIpc) is 2.84. The number of carbonyl (C=O) groups excluding carboxylic acids is 3. The molecule has 0 saturated carbocycles. The predicted molar refractivity (Wildman–Crippen MR) is 107 cm³/mol. The highest BCUT2D eigenvalue weighted by Gasteiger charge is 2.50. The van der Waals surface area contributed by atoms with E-state index in [1.54, 1.807) is 14.0 Å². The minimum atomic E-state index is -1.12. The van der Waals surface area contributed by atoms with Crippen molar-refractivity contribution in [3.05, 3.63) is 48.0 Å². The quantitative estimate of drug-likeness (QED) is 0.639. The number of fused-ring (bicyclic) bond motifs is 1. The Morgan fingerprint density at radius 3 is 2.54 bits per heavy atom. The lowest BCUT2D eigenvalue weighted by Crippen LogP contribution is -3.12. The lowest BCUT2D eigenvalue weighted by atomic mass is 9.90. The van der Waals surface area contributed by atoms with Crippen molar-refractivity contribution in [1.82, 2.24) is 15.5 Å². The molecule has 1 aliphatic rings. The van der Waals surface area contributed by atoms with Crippen LogP contribution < -0.4 is 15.5 Å². The topological polar surface area (TPSA) is 82.9 Å². The van der Waals surface area contributed by atoms with Gasteiger partial charge in [-0.3, -0.25) is 9.59 Å². The number of carbonyl (C=O) groups is 3. The fraction of sp³-hybridized carbons (Fsp3) is 0.381. The summed E-state index contributed by atoms with van der Waals surface area (Å²) in [4.78, 5) is 39.5. The second-order valence-corrected chi connectivity index (χ2v) is 7.86. The van der Waals surface area contributed by atoms with Crippen molar-refractivity contribution in [1.29, 1.82) is 0 Å². The minimum Gasteiger partial charge on any atom is -0.349 e. The second kappa shape index (κ2) is 7.59. The van der Waals surface area contributed by atoms with E-state index in [2.05, 4.69) is 10.6 Å². The Kier molecular flexibility index (Phi) is 5.38. The van der Waals surface area contributed by atoms with Crippen molar-refractivity contribution in [2.75, 3.05) is 20.3 Å². The van der Waals surface area contributed by atoms with Crippen LogP contribution in [0.2, 0.25) is 0 Å². The number of quaternary nitrogens is 1. The standard InChI is InChI=1S/C21H26N4O3/c1-14(2)22-18(26)12-24(4)13-25-19(27)21(3,23-20(25)28)17-10-9-15-7-5-6-8-16(15)11-17/h5-11,14H,12-13H2,1-4H3,(H,22,26)(H,23,28)/p+1/t21-/m1/s1. The van der Waals surface area contributed by atoms with Gasteiger partial charge < -0.3 is 15.5 Å². The smallest absolute Gasteiger partial charge is 0.329 e. The van der Waals surface area contributed by atoms with Gasteiger partial charge in [0.05, 0.1) is 7.05 Å². The molecule has 3 N–H and O–H groups in total. The molecule has 2 aromatic carbocycles. The van der Waals surface area contributed by atoms with Crippen molar-refractivity contribution >= 4 is 28.6 Å². The fourth-order valence-electron chi connectivity index (χ4n) is 3.51. The number of amides is 4. The van der Waals surface area contributed by atoms with Gasteiger partial charge >= 0.3 is 6.03 Å². The molecule has 7 nitrogen and oxygen atoms in total. The summed E-state index contributed by atoms with van der Waals surface area (Å²) in [7, 11) is 1.78. The van der Waals surface area contributed by atoms with Gasteiger partial charge in [0.15, 0.2) is 13.2 Å². The molecule has 2 atom stereocenters. The van der Waals surface area contributed by atoms with Gasteiger partial charge in [-0.2, -0.15) is 0 Å². The Labute approximate surface area is 164 Å². The van der Waals surface area contributed by atoms with E-state index < -0.39 is 11.6 Å². The highest BCUT2D eigenvalue weighted by atomic mass is 16.2. The number of urea groups is 1. The average molecular weight is 383 g/mol. The van der Waals surface area contributed by atoms with Crippen LogP contribution in [0.25, 0.3) is 10.8 Å². The van der Waals surface area contributed by atoms with Gasteiger partial charge in [0.25, 0.3) is 11.8 Å². The maximum absolute atomic E-state index is 13.1. The number of benzene rings is 2. The first-order valence-corrected chi connectivity index (χ1v) is 9.45. The van der Waals surface area contributed by atoms with E-state index in [9.17, 15) is 14.4 Å². The zero-order chi connectivity index (χ0) is 20.5. The summed E-state index contributed by atoms with van der Waals surface area (Å²) < 4.78 is 0. The van der Waals surface area contributed by atoms with E-state index >= 15 is 0 Å². The molecule has 1 aliphatic heterocycles. The molecule has 148 valence electrons. The fourth-order valence-corrected chi connectivity index (χ4v) is 3.51. The van der Waals surface area contributed by atoms with Crippen LogP contribution in [0, 0.1) is 0 Å². The summed E-state index contributed by atoms with van der Waals surface area (Å²) in [5.41, 5.74) is -0.385. The van der Waals surface area contributed by atoms with E-state index in [1.165, 1.54) is 4.90 Å². The van der Waals surface area contributed by atoms with E-state index in [0.29, 0.717) is 0 Å². The summed E-state index contributed by atoms with van der Waals surface area (Å²) in [6.45, 7) is 5.80. The van der Waals surface area contributed by atoms with E-state index in [0.717, 1.165) is 21.2 Å². The van der Waals surface area contributed by atoms with Crippen molar-refractivity contribution in [2.24, 2.45) is 0 Å². The van der Waals surface area contributed by atoms with Gasteiger partial charge in [-0.1, -0.05) is 36.4 Å². The van der Waals surface area contributed by atoms with Crippen LogP contribution in [0.1, 0.15) is 26.3 Å². The third kappa shape index (κ3) is 3.84. The summed E-state index contributed by atoms with van der Waals surface area (Å²) in [5.74, 6) is -0.423. The van der Waals surface area contributed by atoms with Crippen LogP contribution in [-0.2, 0) is 15.1 Å². The molecular formula is C21H27N4O3+. The van der Waals surface area contributed by atoms with Gasteiger partial charge in [0.1, 0.15) is 5.54 Å². The van der Waals surface area contributed by atoms with Crippen molar-refractivity contribution in [3.8, 4) is 0 Å². The van der Waals surface area contributed by atoms with E-state index in [-0.39, 0.29) is 31.1 Å². The maximum Gasteiger partial charge on any atom is 0.329 e. The lowest BCUT2D eigenvalue weighted by Gasteiger charge is -2.23. The Balaban J connectivity index is 1.77. The van der Waals surface area contributed by atoms with Crippen LogP contribution in [0.4, 0.5) is 4.79 Å². The first-order chi connectivity index (χ1) is 13.2. The highest BCUT2D eigenvalue weighted by Crippen LogP contribution is 2.30. The number of imide groups is 1. The molecule has 0 aliphatic carbocycles. The molecule has 2 aromatic rings. The number of nitrogens with zero attached hydrogens (tertiary/aromatic N) is 1. The Morgan fingerprint density at radius 1 is 1.18 bits per heavy atom. The second-order valence-electron chi connectivity index (χ2n) is 7.86. The zero-order valence-corrected chi connectivity index (χ0v) is 16.7. The minimum absolute atomic E-state index is 0.0493. The van der Waals surface area contributed by atoms with Gasteiger partial charge in [0.2, 0.25) is 0 Å². The van der Waals surface area contributed by atoms with Gasteiger partial charge in [0, 0.05) is 6.04 Å². The molecule has 1 heterocycles. The van der Waals surface area contributed by atoms with Crippen LogP contribution in [-0.4, -0.2) is 49.0 Å². The molecule has 0 radical (unpaired) electrons. The monoisotopic (exact) mass is 383 g/mol. The molecule has 1 unspecified atom stereocenters. The third-order valence-corrected chi connectivity index (χ3v) is 4.94. The Morgan fingerprint density at radius 2 is 1.86 bits per heavy atom. The van der Waals surface area contributed by atoms with Crippen LogP contribution in [0.5, 0.6) is 0 Å². The first kappa shape index (κ1) is 19.8. The summed E-state index contributed by atoms with van der Waals surface area (Å²) in [6.07, 6.45) is 0. The largest absolute Gasteiger partial charge is 0.349 e. The van der Waals surface area contributed by atoms with E-state index in [4.69, 9.17) is 0 Å². The lowest BCUT2D eigenvalue weighted by molar-refractivity contribution is -0.879. The molecule has 7 heteroatoms. The molecule has 0 aromatic heterocycles. The summed E-state index contributed by atoms with van der Waals surface area (Å²) >= 11 is 0. The third-order valence-electron chi connectivity index (χ3n) is 4.94. The van der Waals surface area contributed by atoms with Crippen LogP contribution in [0.3, 0.4) is 0 Å². The molecule has 1 fully saturated rings. The summed E-state index contributed by atoms with van der Waals surface area (Å²) in [6, 6.07) is 13.2. The molecule has 1 saturated heterocycles. The molecule has 0 spiro atoms. The van der Waals surface area contributed by atoms with Crippen molar-refractivity contribution < 1.29 is 19.3 Å².